The average Bonchev–Trinajstić information content (AvgIpc) is 3.61. The summed E-state index contributed by atoms with van der Waals surface area (Å²) < 4.78 is 2.00. The molecular weight excluding hydrogens is 635 g/mol. The molecule has 0 unspecified atom stereocenters. The molecule has 3 aliphatic rings. The van der Waals surface area contributed by atoms with Crippen molar-refractivity contribution in [3.05, 3.63) is 93.9 Å². The van der Waals surface area contributed by atoms with Crippen LogP contribution in [0.25, 0.3) is 0 Å². The Kier molecular flexibility index (Phi) is 8.46. The molecule has 14 nitrogen and oxygen atoms in total. The van der Waals surface area contributed by atoms with Crippen molar-refractivity contribution in [3.63, 3.8) is 0 Å². The van der Waals surface area contributed by atoms with Crippen LogP contribution in [0.3, 0.4) is 0 Å². The van der Waals surface area contributed by atoms with Crippen LogP contribution < -0.4 is 15.6 Å². The van der Waals surface area contributed by atoms with Crippen molar-refractivity contribution < 1.29 is 39.2 Å². The maximum absolute atomic E-state index is 13.4. The quantitative estimate of drug-likeness (QED) is 0.0550. The molecule has 3 aromatic rings. The molecule has 6 rings (SSSR count). The van der Waals surface area contributed by atoms with E-state index in [1.165, 1.54) is 17.1 Å². The molecule has 2 aromatic heterocycles. The lowest BCUT2D eigenvalue weighted by atomic mass is 10.0. The maximum Gasteiger partial charge on any atom is 0.352 e. The van der Waals surface area contributed by atoms with Gasteiger partial charge in [-0.05, 0) is 30.2 Å². The number of fused-ring (bicyclic) bond motifs is 1. The molecule has 0 saturated carbocycles. The first-order chi connectivity index (χ1) is 22.1. The Balaban J connectivity index is 1.16. The molecule has 16 heteroatoms. The van der Waals surface area contributed by atoms with Gasteiger partial charge in [0.25, 0.3) is 11.8 Å². The number of oxime groups is 1. The summed E-state index contributed by atoms with van der Waals surface area (Å²) in [5, 5.41) is 35.7. The van der Waals surface area contributed by atoms with Gasteiger partial charge in [0.05, 0.1) is 0 Å². The number of carbonyl (C=O) groups excluding carboxylic acids is 3. The van der Waals surface area contributed by atoms with E-state index in [4.69, 9.17) is 5.73 Å². The molecule has 0 bridgehead atoms. The zero-order chi connectivity index (χ0) is 32.5. The number of hydrogen-bond acceptors (Lipinski definition) is 11. The van der Waals surface area contributed by atoms with Gasteiger partial charge in [-0.25, -0.2) is 9.78 Å². The fourth-order valence-electron chi connectivity index (χ4n) is 5.59. The van der Waals surface area contributed by atoms with Crippen LogP contribution in [-0.4, -0.2) is 83.3 Å². The molecule has 2 atom stereocenters. The minimum atomic E-state index is -1.33. The highest BCUT2D eigenvalue weighted by Gasteiger charge is 2.54. The molecule has 5 heterocycles. The van der Waals surface area contributed by atoms with Crippen LogP contribution in [0.4, 0.5) is 5.13 Å². The van der Waals surface area contributed by atoms with Crippen LogP contribution in [-0.2, 0) is 32.3 Å². The molecule has 6 N–H and O–H groups in total. The van der Waals surface area contributed by atoms with Crippen molar-refractivity contribution in [3.8, 4) is 5.75 Å². The number of nitrogens with one attached hydrogen (secondary N) is 1. The molecule has 0 radical (unpaired) electrons. The van der Waals surface area contributed by atoms with E-state index in [0.717, 1.165) is 27.5 Å². The van der Waals surface area contributed by atoms with Gasteiger partial charge in [-0.2, -0.15) is 4.57 Å². The predicted molar refractivity (Wildman–Crippen MR) is 166 cm³/mol. The van der Waals surface area contributed by atoms with E-state index >= 15 is 0 Å². The standard InChI is InChI=1S/C30H27N7O7S2/c31-30-32-21(15-46-30)22(34-44)25(39)33-23-27(41)37-24(29(42)43)18(14-45-28(23)37)11-17-7-9-36(26(17)40)13-19-5-1-2-8-35(19)12-16-4-3-6-20(38)10-16/h1-6,8,10-11,15,23,28H,7,9,12-14H2,(H5-,31,32,33,38,39,42,43,44)/p+1/t23-,28-/m1/s1. The highest BCUT2D eigenvalue weighted by molar-refractivity contribution is 8.00. The summed E-state index contributed by atoms with van der Waals surface area (Å²) in [6, 6.07) is 11.6. The minimum absolute atomic E-state index is 0.0382. The molecule has 46 heavy (non-hydrogen) atoms. The Morgan fingerprint density at radius 2 is 2.04 bits per heavy atom. The third kappa shape index (κ3) is 5.91. The summed E-state index contributed by atoms with van der Waals surface area (Å²) >= 11 is 2.29. The Hall–Kier alpha value is -5.22. The summed E-state index contributed by atoms with van der Waals surface area (Å²) in [5.41, 5.74) is 7.52. The Bertz CT molecular complexity index is 1850. The van der Waals surface area contributed by atoms with Crippen LogP contribution in [0.5, 0.6) is 5.75 Å². The summed E-state index contributed by atoms with van der Waals surface area (Å²) in [5.74, 6) is -2.70. The van der Waals surface area contributed by atoms with Crippen molar-refractivity contribution >= 4 is 57.6 Å². The summed E-state index contributed by atoms with van der Waals surface area (Å²) in [6.45, 7) is 1.27. The van der Waals surface area contributed by atoms with E-state index in [1.807, 2.05) is 35.0 Å². The number of nitrogens with zero attached hydrogens (tertiary/aromatic N) is 5. The largest absolute Gasteiger partial charge is 0.508 e. The SMILES string of the molecule is Nc1nc(/C(=N/O)C(=O)N[C@@H]2C(=O)N3C(C(=O)O)=C(C=C4CCN(Cc5cccc[n+]5Cc5cccc(O)c5)C4=O)CS[C@H]23)cs1. The number of phenols is 1. The number of β-lactam (4-membered cyclic amide) rings is 1. The summed E-state index contributed by atoms with van der Waals surface area (Å²) in [4.78, 5) is 58.5. The smallest absolute Gasteiger partial charge is 0.352 e. The number of nitrogens with two attached hydrogens (primary N) is 1. The Morgan fingerprint density at radius 3 is 2.76 bits per heavy atom. The summed E-state index contributed by atoms with van der Waals surface area (Å²) in [6.07, 6.45) is 3.87. The zero-order valence-corrected chi connectivity index (χ0v) is 25.7. The number of aromatic nitrogens is 2. The van der Waals surface area contributed by atoms with Gasteiger partial charge in [-0.1, -0.05) is 23.4 Å². The van der Waals surface area contributed by atoms with Gasteiger partial charge in [0.15, 0.2) is 23.6 Å². The van der Waals surface area contributed by atoms with E-state index in [9.17, 15) is 34.6 Å². The number of anilines is 1. The monoisotopic (exact) mass is 662 g/mol. The van der Waals surface area contributed by atoms with Crippen molar-refractivity contribution in [2.24, 2.45) is 5.16 Å². The number of allylic oxidation sites excluding steroid dienone is 1. The number of thiazole rings is 1. The van der Waals surface area contributed by atoms with E-state index in [-0.39, 0.29) is 33.9 Å². The lowest BCUT2D eigenvalue weighted by Gasteiger charge is -2.49. The highest BCUT2D eigenvalue weighted by Crippen LogP contribution is 2.41. The van der Waals surface area contributed by atoms with Crippen LogP contribution in [0.2, 0.25) is 0 Å². The number of pyridine rings is 1. The van der Waals surface area contributed by atoms with Crippen LogP contribution in [0, 0.1) is 0 Å². The molecule has 236 valence electrons. The number of carboxylic acid groups (broad SMARTS) is 1. The highest BCUT2D eigenvalue weighted by atomic mass is 32.2. The first kappa shape index (κ1) is 30.8. The molecule has 3 amide bonds. The Labute approximate surface area is 270 Å². The number of aromatic hydroxyl groups is 1. The zero-order valence-electron chi connectivity index (χ0n) is 24.1. The number of carboxylic acids is 1. The summed E-state index contributed by atoms with van der Waals surface area (Å²) in [7, 11) is 0. The molecule has 0 aliphatic carbocycles. The van der Waals surface area contributed by atoms with E-state index in [0.29, 0.717) is 37.2 Å². The normalized spacial score (nSPS) is 20.6. The van der Waals surface area contributed by atoms with Gasteiger partial charge < -0.3 is 31.4 Å². The minimum Gasteiger partial charge on any atom is -0.508 e. The second kappa shape index (κ2) is 12.6. The van der Waals surface area contributed by atoms with Gasteiger partial charge in [-0.3, -0.25) is 19.3 Å². The fraction of sp³-hybridized carbons (Fsp3) is 0.233. The molecule has 0 spiro atoms. The second-order valence-electron chi connectivity index (χ2n) is 10.7. The van der Waals surface area contributed by atoms with Gasteiger partial charge in [0.2, 0.25) is 11.6 Å². The number of hydrogen-bond donors (Lipinski definition) is 5. The van der Waals surface area contributed by atoms with Crippen LogP contribution >= 0.6 is 23.1 Å². The van der Waals surface area contributed by atoms with Gasteiger partial charge in [0, 0.05) is 40.9 Å². The number of nitrogen functional groups attached to an aromatic ring is 1. The van der Waals surface area contributed by atoms with Crippen molar-refractivity contribution in [1.82, 2.24) is 20.1 Å². The molecule has 2 saturated heterocycles. The molecule has 3 aliphatic heterocycles. The van der Waals surface area contributed by atoms with Crippen LogP contribution in [0.1, 0.15) is 23.4 Å². The van der Waals surface area contributed by atoms with Crippen molar-refractivity contribution in [1.29, 1.82) is 0 Å². The predicted octanol–water partition coefficient (Wildman–Crippen LogP) is 1.04. The number of likely N-dealkylation sites (tertiary alicyclic amines) is 1. The third-order valence-electron chi connectivity index (χ3n) is 7.78. The number of carbonyl (C=O) groups is 4. The number of phenolic OH excluding ortho intramolecular Hbond substituents is 1. The molecule has 1 aromatic carbocycles. The fourth-order valence-corrected chi connectivity index (χ4v) is 7.44. The molecule has 2 fully saturated rings. The van der Waals surface area contributed by atoms with Gasteiger partial charge in [0.1, 0.15) is 35.1 Å². The van der Waals surface area contributed by atoms with E-state index in [2.05, 4.69) is 15.5 Å². The third-order valence-corrected chi connectivity index (χ3v) is 9.76. The number of rotatable bonds is 9. The topological polar surface area (TPSA) is 203 Å². The second-order valence-corrected chi connectivity index (χ2v) is 12.7. The van der Waals surface area contributed by atoms with Gasteiger partial charge in [-0.15, -0.1) is 23.1 Å². The van der Waals surface area contributed by atoms with E-state index < -0.39 is 34.9 Å². The first-order valence-corrected chi connectivity index (χ1v) is 16.0. The first-order valence-electron chi connectivity index (χ1n) is 14.0. The van der Waals surface area contributed by atoms with E-state index in [1.54, 1.807) is 29.2 Å². The van der Waals surface area contributed by atoms with Crippen LogP contribution in [0.15, 0.2) is 82.1 Å². The number of aliphatic carboxylic acids is 1. The lowest BCUT2D eigenvalue weighted by molar-refractivity contribution is -0.696. The lowest BCUT2D eigenvalue weighted by Crippen LogP contribution is -2.71. The maximum atomic E-state index is 13.4. The number of amides is 3. The van der Waals surface area contributed by atoms with Gasteiger partial charge >= 0.3 is 5.97 Å². The van der Waals surface area contributed by atoms with Crippen molar-refractivity contribution in [2.45, 2.75) is 30.9 Å². The number of thioether (sulfide) groups is 1. The van der Waals surface area contributed by atoms with Crippen molar-refractivity contribution in [2.75, 3.05) is 18.0 Å². The Morgan fingerprint density at radius 1 is 1.22 bits per heavy atom. The molecular formula is C30H28N7O7S2+. The number of benzene rings is 1. The average molecular weight is 663 g/mol.